The Morgan fingerprint density at radius 3 is 2.52 bits per heavy atom. The van der Waals surface area contributed by atoms with Gasteiger partial charge in [-0.1, -0.05) is 30.3 Å². The molecule has 5 heteroatoms. The van der Waals surface area contributed by atoms with Gasteiger partial charge in [0.15, 0.2) is 0 Å². The third kappa shape index (κ3) is 6.67. The summed E-state index contributed by atoms with van der Waals surface area (Å²) in [6, 6.07) is 11.7. The summed E-state index contributed by atoms with van der Waals surface area (Å²) in [5.41, 5.74) is 1.33. The normalized spacial score (nSPS) is 18.3. The molecular formula is C20H34N4O. The number of rotatable bonds is 8. The van der Waals surface area contributed by atoms with Gasteiger partial charge in [-0.15, -0.1) is 0 Å². The maximum atomic E-state index is 12.1. The van der Waals surface area contributed by atoms with Crippen LogP contribution in [-0.4, -0.2) is 60.1 Å². The van der Waals surface area contributed by atoms with Crippen molar-refractivity contribution >= 4 is 6.03 Å². The second-order valence-electron chi connectivity index (χ2n) is 7.53. The number of carbonyl (C=O) groups is 1. The van der Waals surface area contributed by atoms with E-state index >= 15 is 0 Å². The molecule has 2 amide bonds. The summed E-state index contributed by atoms with van der Waals surface area (Å²) in [5, 5.41) is 6.12. The number of amides is 2. The predicted molar refractivity (Wildman–Crippen MR) is 104 cm³/mol. The van der Waals surface area contributed by atoms with Crippen molar-refractivity contribution in [1.29, 1.82) is 0 Å². The minimum atomic E-state index is -0.0426. The Labute approximate surface area is 152 Å². The number of nitrogens with one attached hydrogen (secondary N) is 2. The maximum absolute atomic E-state index is 12.1. The molecule has 1 aromatic rings. The number of likely N-dealkylation sites (tertiary alicyclic amines) is 1. The lowest BCUT2D eigenvalue weighted by Gasteiger charge is -2.30. The van der Waals surface area contributed by atoms with Crippen molar-refractivity contribution in [2.45, 2.75) is 58.8 Å². The van der Waals surface area contributed by atoms with Crippen molar-refractivity contribution in [2.75, 3.05) is 26.2 Å². The van der Waals surface area contributed by atoms with Gasteiger partial charge in [0.1, 0.15) is 0 Å². The molecule has 1 saturated heterocycles. The standard InChI is InChI=1S/C20H34N4O/c1-16(2)24(17(3)4)13-11-21-20(25)22-19-10-12-23(15-19)14-18-8-6-5-7-9-18/h5-9,16-17,19H,10-15H2,1-4H3,(H2,21,22,25). The van der Waals surface area contributed by atoms with Gasteiger partial charge in [-0.25, -0.2) is 4.79 Å². The van der Waals surface area contributed by atoms with E-state index in [2.05, 4.69) is 72.4 Å². The molecule has 0 bridgehead atoms. The van der Waals surface area contributed by atoms with Crippen LogP contribution in [0.25, 0.3) is 0 Å². The van der Waals surface area contributed by atoms with Crippen molar-refractivity contribution in [3.8, 4) is 0 Å². The molecule has 2 N–H and O–H groups in total. The first-order chi connectivity index (χ1) is 12.0. The van der Waals surface area contributed by atoms with E-state index in [1.165, 1.54) is 5.56 Å². The van der Waals surface area contributed by atoms with Crippen LogP contribution >= 0.6 is 0 Å². The topological polar surface area (TPSA) is 47.6 Å². The molecule has 0 saturated carbocycles. The lowest BCUT2D eigenvalue weighted by molar-refractivity contribution is 0.175. The van der Waals surface area contributed by atoms with Gasteiger partial charge in [0.2, 0.25) is 0 Å². The van der Waals surface area contributed by atoms with E-state index in [9.17, 15) is 4.79 Å². The summed E-state index contributed by atoms with van der Waals surface area (Å²) < 4.78 is 0. The molecule has 1 heterocycles. The van der Waals surface area contributed by atoms with Gasteiger partial charge in [0, 0.05) is 50.8 Å². The van der Waals surface area contributed by atoms with Gasteiger partial charge in [0.05, 0.1) is 0 Å². The minimum Gasteiger partial charge on any atom is -0.337 e. The fraction of sp³-hybridized carbons (Fsp3) is 0.650. The number of hydrogen-bond acceptors (Lipinski definition) is 3. The monoisotopic (exact) mass is 346 g/mol. The molecule has 0 aliphatic carbocycles. The van der Waals surface area contributed by atoms with E-state index < -0.39 is 0 Å². The summed E-state index contributed by atoms with van der Waals surface area (Å²) in [5.74, 6) is 0. The van der Waals surface area contributed by atoms with Crippen molar-refractivity contribution < 1.29 is 4.79 Å². The Bertz CT molecular complexity index is 510. The van der Waals surface area contributed by atoms with E-state index in [0.29, 0.717) is 18.6 Å². The van der Waals surface area contributed by atoms with Crippen LogP contribution in [0, 0.1) is 0 Å². The highest BCUT2D eigenvalue weighted by atomic mass is 16.2. The first-order valence-electron chi connectivity index (χ1n) is 9.52. The van der Waals surface area contributed by atoms with Crippen LogP contribution in [0.4, 0.5) is 4.79 Å². The highest BCUT2D eigenvalue weighted by Gasteiger charge is 2.23. The molecule has 1 fully saturated rings. The number of benzene rings is 1. The first kappa shape index (κ1) is 19.7. The van der Waals surface area contributed by atoms with Crippen LogP contribution in [-0.2, 0) is 6.54 Å². The third-order valence-corrected chi connectivity index (χ3v) is 4.84. The number of nitrogens with zero attached hydrogens (tertiary/aromatic N) is 2. The summed E-state index contributed by atoms with van der Waals surface area (Å²) in [6.45, 7) is 13.3. The summed E-state index contributed by atoms with van der Waals surface area (Å²) in [7, 11) is 0. The van der Waals surface area contributed by atoms with Crippen LogP contribution in [0.2, 0.25) is 0 Å². The second-order valence-corrected chi connectivity index (χ2v) is 7.53. The summed E-state index contributed by atoms with van der Waals surface area (Å²) >= 11 is 0. The Morgan fingerprint density at radius 1 is 1.20 bits per heavy atom. The van der Waals surface area contributed by atoms with Gasteiger partial charge in [0.25, 0.3) is 0 Å². The van der Waals surface area contributed by atoms with Crippen molar-refractivity contribution in [3.05, 3.63) is 35.9 Å². The van der Waals surface area contributed by atoms with E-state index in [4.69, 9.17) is 0 Å². The highest BCUT2D eigenvalue weighted by Crippen LogP contribution is 2.13. The molecule has 2 rings (SSSR count). The lowest BCUT2D eigenvalue weighted by atomic mass is 10.2. The van der Waals surface area contributed by atoms with Gasteiger partial charge >= 0.3 is 6.03 Å². The third-order valence-electron chi connectivity index (χ3n) is 4.84. The fourth-order valence-corrected chi connectivity index (χ4v) is 3.58. The van der Waals surface area contributed by atoms with Crippen LogP contribution < -0.4 is 10.6 Å². The molecule has 1 unspecified atom stereocenters. The Balaban J connectivity index is 1.66. The molecule has 140 valence electrons. The van der Waals surface area contributed by atoms with Gasteiger partial charge in [-0.2, -0.15) is 0 Å². The molecule has 25 heavy (non-hydrogen) atoms. The fourth-order valence-electron chi connectivity index (χ4n) is 3.58. The van der Waals surface area contributed by atoms with Gasteiger partial charge in [-0.05, 0) is 39.7 Å². The number of carbonyl (C=O) groups excluding carboxylic acids is 1. The maximum Gasteiger partial charge on any atom is 0.315 e. The van der Waals surface area contributed by atoms with Crippen LogP contribution in [0.3, 0.4) is 0 Å². The molecule has 0 radical (unpaired) electrons. The van der Waals surface area contributed by atoms with Crippen molar-refractivity contribution in [3.63, 3.8) is 0 Å². The number of urea groups is 1. The zero-order valence-corrected chi connectivity index (χ0v) is 16.2. The predicted octanol–water partition coefficient (Wildman–Crippen LogP) is 2.68. The minimum absolute atomic E-state index is 0.0426. The Kier molecular flexibility index (Phi) is 7.72. The van der Waals surface area contributed by atoms with Gasteiger partial charge in [-0.3, -0.25) is 9.80 Å². The van der Waals surface area contributed by atoms with E-state index in [1.54, 1.807) is 0 Å². The molecule has 5 nitrogen and oxygen atoms in total. The lowest BCUT2D eigenvalue weighted by Crippen LogP contribution is -2.47. The van der Waals surface area contributed by atoms with E-state index in [1.807, 2.05) is 6.07 Å². The molecule has 0 aromatic heterocycles. The molecular weight excluding hydrogens is 312 g/mol. The highest BCUT2D eigenvalue weighted by molar-refractivity contribution is 5.74. The summed E-state index contributed by atoms with van der Waals surface area (Å²) in [4.78, 5) is 16.9. The first-order valence-corrected chi connectivity index (χ1v) is 9.52. The van der Waals surface area contributed by atoms with Crippen LogP contribution in [0.5, 0.6) is 0 Å². The molecule has 0 spiro atoms. The van der Waals surface area contributed by atoms with E-state index in [0.717, 1.165) is 32.6 Å². The summed E-state index contributed by atoms with van der Waals surface area (Å²) in [6.07, 6.45) is 1.02. The molecule has 1 aliphatic rings. The van der Waals surface area contributed by atoms with Crippen LogP contribution in [0.1, 0.15) is 39.7 Å². The second kappa shape index (κ2) is 9.78. The Morgan fingerprint density at radius 2 is 1.88 bits per heavy atom. The SMILES string of the molecule is CC(C)N(CCNC(=O)NC1CCN(Cc2ccccc2)C1)C(C)C. The molecule has 1 aromatic carbocycles. The zero-order chi connectivity index (χ0) is 18.2. The smallest absolute Gasteiger partial charge is 0.315 e. The van der Waals surface area contributed by atoms with Crippen molar-refractivity contribution in [2.24, 2.45) is 0 Å². The average Bonchev–Trinajstić information content (AvgIpc) is 2.98. The average molecular weight is 347 g/mol. The molecule has 1 atom stereocenters. The van der Waals surface area contributed by atoms with Crippen molar-refractivity contribution in [1.82, 2.24) is 20.4 Å². The molecule has 1 aliphatic heterocycles. The zero-order valence-electron chi connectivity index (χ0n) is 16.2. The Hall–Kier alpha value is -1.59. The largest absolute Gasteiger partial charge is 0.337 e. The van der Waals surface area contributed by atoms with Gasteiger partial charge < -0.3 is 10.6 Å². The van der Waals surface area contributed by atoms with Crippen LogP contribution in [0.15, 0.2) is 30.3 Å². The quantitative estimate of drug-likeness (QED) is 0.761. The van der Waals surface area contributed by atoms with E-state index in [-0.39, 0.29) is 12.1 Å². The number of hydrogen-bond donors (Lipinski definition) is 2.